The first-order chi connectivity index (χ1) is 9.69. The van der Waals surface area contributed by atoms with E-state index in [1.165, 1.54) is 32.8 Å². The number of hydrogen-bond acceptors (Lipinski definition) is 3. The highest BCUT2D eigenvalue weighted by atomic mass is 16.5. The van der Waals surface area contributed by atoms with Gasteiger partial charge in [0, 0.05) is 26.1 Å². The van der Waals surface area contributed by atoms with Crippen molar-refractivity contribution in [3.63, 3.8) is 0 Å². The second-order valence-corrected chi connectivity index (χ2v) is 6.06. The quantitative estimate of drug-likeness (QED) is 0.859. The third-order valence-electron chi connectivity index (χ3n) is 4.58. The SMILES string of the molecule is COC(=O)N1CCC(CNC(=O)CC2CCCC2)CC1. The van der Waals surface area contributed by atoms with Crippen molar-refractivity contribution in [1.29, 1.82) is 0 Å². The molecule has 1 saturated heterocycles. The van der Waals surface area contributed by atoms with Gasteiger partial charge >= 0.3 is 6.09 Å². The van der Waals surface area contributed by atoms with Crippen LogP contribution in [0.15, 0.2) is 0 Å². The fourth-order valence-electron chi connectivity index (χ4n) is 3.26. The van der Waals surface area contributed by atoms with E-state index in [2.05, 4.69) is 5.32 Å². The van der Waals surface area contributed by atoms with E-state index in [-0.39, 0.29) is 12.0 Å². The second-order valence-electron chi connectivity index (χ2n) is 6.06. The van der Waals surface area contributed by atoms with Gasteiger partial charge in [0.05, 0.1) is 7.11 Å². The Morgan fingerprint density at radius 1 is 1.10 bits per heavy atom. The van der Waals surface area contributed by atoms with Crippen LogP contribution in [0.2, 0.25) is 0 Å². The van der Waals surface area contributed by atoms with Gasteiger partial charge < -0.3 is 15.0 Å². The molecule has 2 rings (SSSR count). The number of amides is 2. The maximum atomic E-state index is 11.9. The maximum absolute atomic E-state index is 11.9. The first kappa shape index (κ1) is 15.1. The molecule has 1 N–H and O–H groups in total. The number of carbonyl (C=O) groups is 2. The Labute approximate surface area is 121 Å². The molecule has 0 aromatic heterocycles. The van der Waals surface area contributed by atoms with E-state index in [1.807, 2.05) is 0 Å². The predicted molar refractivity (Wildman–Crippen MR) is 76.3 cm³/mol. The smallest absolute Gasteiger partial charge is 0.409 e. The standard InChI is InChI=1S/C15H26N2O3/c1-20-15(19)17-8-6-13(7-9-17)11-16-14(18)10-12-4-2-3-5-12/h12-13H,2-11H2,1H3,(H,16,18). The molecule has 5 nitrogen and oxygen atoms in total. The molecule has 114 valence electrons. The normalized spacial score (nSPS) is 20.9. The van der Waals surface area contributed by atoms with Crippen LogP contribution >= 0.6 is 0 Å². The molecule has 2 fully saturated rings. The third-order valence-corrected chi connectivity index (χ3v) is 4.58. The van der Waals surface area contributed by atoms with E-state index in [0.717, 1.165) is 32.5 Å². The van der Waals surface area contributed by atoms with Crippen molar-refractivity contribution in [2.45, 2.75) is 44.9 Å². The van der Waals surface area contributed by atoms with Crippen molar-refractivity contribution in [3.8, 4) is 0 Å². The monoisotopic (exact) mass is 282 g/mol. The Morgan fingerprint density at radius 3 is 2.35 bits per heavy atom. The molecule has 0 atom stereocenters. The number of hydrogen-bond donors (Lipinski definition) is 1. The number of ether oxygens (including phenoxy) is 1. The number of methoxy groups -OCH3 is 1. The van der Waals surface area contributed by atoms with Crippen molar-refractivity contribution in [3.05, 3.63) is 0 Å². The van der Waals surface area contributed by atoms with Crippen molar-refractivity contribution in [2.24, 2.45) is 11.8 Å². The molecule has 0 radical (unpaired) electrons. The maximum Gasteiger partial charge on any atom is 0.409 e. The number of nitrogens with one attached hydrogen (secondary N) is 1. The highest BCUT2D eigenvalue weighted by Gasteiger charge is 2.24. The van der Waals surface area contributed by atoms with Gasteiger partial charge in [-0.15, -0.1) is 0 Å². The van der Waals surface area contributed by atoms with Gasteiger partial charge in [0.1, 0.15) is 0 Å². The molecule has 2 aliphatic rings. The highest BCUT2D eigenvalue weighted by molar-refractivity contribution is 5.76. The zero-order valence-electron chi connectivity index (χ0n) is 12.4. The van der Waals surface area contributed by atoms with Gasteiger partial charge in [-0.2, -0.15) is 0 Å². The van der Waals surface area contributed by atoms with E-state index in [1.54, 1.807) is 4.90 Å². The predicted octanol–water partition coefficient (Wildman–Crippen LogP) is 2.16. The first-order valence-corrected chi connectivity index (χ1v) is 7.78. The number of carbonyl (C=O) groups excluding carboxylic acids is 2. The number of rotatable bonds is 4. The Kier molecular flexibility index (Phi) is 5.68. The second kappa shape index (κ2) is 7.50. The summed E-state index contributed by atoms with van der Waals surface area (Å²) < 4.78 is 4.71. The minimum Gasteiger partial charge on any atom is -0.453 e. The van der Waals surface area contributed by atoms with Gasteiger partial charge in [0.2, 0.25) is 5.91 Å². The molecule has 2 amide bonds. The van der Waals surface area contributed by atoms with Crippen LogP contribution in [-0.4, -0.2) is 43.6 Å². The van der Waals surface area contributed by atoms with Crippen LogP contribution in [0.5, 0.6) is 0 Å². The summed E-state index contributed by atoms with van der Waals surface area (Å²) in [5.41, 5.74) is 0. The molecular formula is C15H26N2O3. The number of piperidine rings is 1. The average molecular weight is 282 g/mol. The summed E-state index contributed by atoms with van der Waals surface area (Å²) in [6.45, 7) is 2.21. The number of nitrogens with zero attached hydrogens (tertiary/aromatic N) is 1. The highest BCUT2D eigenvalue weighted by Crippen LogP contribution is 2.27. The van der Waals surface area contributed by atoms with Gasteiger partial charge in [-0.1, -0.05) is 12.8 Å². The van der Waals surface area contributed by atoms with Crippen molar-refractivity contribution >= 4 is 12.0 Å². The molecule has 0 aromatic carbocycles. The molecule has 0 aromatic rings. The molecule has 1 aliphatic heterocycles. The molecule has 1 aliphatic carbocycles. The Balaban J connectivity index is 1.60. The Bertz CT molecular complexity index is 332. The van der Waals surface area contributed by atoms with Crippen LogP contribution in [0.25, 0.3) is 0 Å². The Hall–Kier alpha value is -1.26. The van der Waals surface area contributed by atoms with E-state index < -0.39 is 0 Å². The molecule has 5 heteroatoms. The molecule has 0 spiro atoms. The molecule has 1 saturated carbocycles. The van der Waals surface area contributed by atoms with E-state index >= 15 is 0 Å². The first-order valence-electron chi connectivity index (χ1n) is 7.78. The Morgan fingerprint density at radius 2 is 1.75 bits per heavy atom. The molecule has 20 heavy (non-hydrogen) atoms. The van der Waals surface area contributed by atoms with Crippen LogP contribution in [0.4, 0.5) is 4.79 Å². The van der Waals surface area contributed by atoms with Gasteiger partial charge in [-0.05, 0) is 37.5 Å². The lowest BCUT2D eigenvalue weighted by Crippen LogP contribution is -2.41. The largest absolute Gasteiger partial charge is 0.453 e. The molecule has 0 unspecified atom stereocenters. The lowest BCUT2D eigenvalue weighted by molar-refractivity contribution is -0.122. The van der Waals surface area contributed by atoms with Crippen LogP contribution in [0.1, 0.15) is 44.9 Å². The molecule has 0 bridgehead atoms. The lowest BCUT2D eigenvalue weighted by atomic mass is 9.96. The number of likely N-dealkylation sites (tertiary alicyclic amines) is 1. The third kappa shape index (κ3) is 4.39. The van der Waals surface area contributed by atoms with Crippen LogP contribution < -0.4 is 5.32 Å². The topological polar surface area (TPSA) is 58.6 Å². The summed E-state index contributed by atoms with van der Waals surface area (Å²) in [4.78, 5) is 25.0. The van der Waals surface area contributed by atoms with Crippen molar-refractivity contribution in [1.82, 2.24) is 10.2 Å². The van der Waals surface area contributed by atoms with Gasteiger partial charge in [-0.3, -0.25) is 4.79 Å². The fourth-order valence-corrected chi connectivity index (χ4v) is 3.26. The average Bonchev–Trinajstić information content (AvgIpc) is 2.97. The van der Waals surface area contributed by atoms with Crippen LogP contribution in [0, 0.1) is 11.8 Å². The summed E-state index contributed by atoms with van der Waals surface area (Å²) in [5.74, 6) is 1.30. The molecular weight excluding hydrogens is 256 g/mol. The van der Waals surface area contributed by atoms with Gasteiger partial charge in [0.25, 0.3) is 0 Å². The van der Waals surface area contributed by atoms with Gasteiger partial charge in [-0.25, -0.2) is 4.79 Å². The van der Waals surface area contributed by atoms with Crippen LogP contribution in [0.3, 0.4) is 0 Å². The van der Waals surface area contributed by atoms with Crippen LogP contribution in [-0.2, 0) is 9.53 Å². The van der Waals surface area contributed by atoms with E-state index in [4.69, 9.17) is 4.74 Å². The summed E-state index contributed by atoms with van der Waals surface area (Å²) >= 11 is 0. The minimum absolute atomic E-state index is 0.201. The molecule has 1 heterocycles. The van der Waals surface area contributed by atoms with Gasteiger partial charge in [0.15, 0.2) is 0 Å². The summed E-state index contributed by atoms with van der Waals surface area (Å²) in [7, 11) is 1.41. The van der Waals surface area contributed by atoms with E-state index in [9.17, 15) is 9.59 Å². The minimum atomic E-state index is -0.242. The fraction of sp³-hybridized carbons (Fsp3) is 0.867. The van der Waals surface area contributed by atoms with Crippen molar-refractivity contribution < 1.29 is 14.3 Å². The van der Waals surface area contributed by atoms with Crippen molar-refractivity contribution in [2.75, 3.05) is 26.7 Å². The summed E-state index contributed by atoms with van der Waals surface area (Å²) in [5, 5.41) is 3.06. The summed E-state index contributed by atoms with van der Waals surface area (Å²) in [6.07, 6.45) is 7.33. The zero-order valence-corrected chi connectivity index (χ0v) is 12.4. The zero-order chi connectivity index (χ0) is 14.4. The summed E-state index contributed by atoms with van der Waals surface area (Å²) in [6, 6.07) is 0. The van der Waals surface area contributed by atoms with E-state index in [0.29, 0.717) is 18.3 Å². The lowest BCUT2D eigenvalue weighted by Gasteiger charge is -2.31.